The molecule has 8 nitrogen and oxygen atoms in total. The number of quaternary nitrogens is 1. The second-order valence-corrected chi connectivity index (χ2v) is 14.3. The van der Waals surface area contributed by atoms with Crippen molar-refractivity contribution in [3.63, 3.8) is 0 Å². The normalized spacial score (nSPS) is 14.9. The third-order valence-electron chi connectivity index (χ3n) is 6.99. The minimum atomic E-state index is -4.54. The zero-order chi connectivity index (χ0) is 35.6. The topological polar surface area (TPSA) is 94.1 Å². The summed E-state index contributed by atoms with van der Waals surface area (Å²) in [5, 5.41) is 0. The Labute approximate surface area is 293 Å². The number of ether oxygens (including phenoxy) is 2. The van der Waals surface area contributed by atoms with Gasteiger partial charge < -0.3 is 27.9 Å². The number of allylic oxidation sites excluding steroid dienone is 11. The van der Waals surface area contributed by atoms with Gasteiger partial charge in [-0.05, 0) is 64.2 Å². The molecule has 0 amide bonds. The first-order chi connectivity index (χ1) is 23.1. The average molecular weight is 694 g/mol. The number of likely N-dealkylation sites (N-methyl/N-ethyl adjacent to an activating group) is 1. The average Bonchev–Trinajstić information content (AvgIpc) is 3.03. The van der Waals surface area contributed by atoms with Crippen LogP contribution in [0.25, 0.3) is 0 Å². The standard InChI is InChI=1S/C39H68NO7P/c1-6-8-10-12-14-16-18-19-20-21-22-23-25-27-29-31-34-44-36-38(37-46-48(42,43)45-35-33-40(3,4)5)47-39(41)32-30-28-26-24-17-15-13-11-9-7-2/h8,10-11,13-14,16,19-20,22-23,27,29,38H,6-7,9,12,15,17-18,21,24-26,28,30-37H2,1-5H3/b10-8-,13-11-,16-14-,20-19-,23-22-,29-27-. The first-order valence-corrected chi connectivity index (χ1v) is 19.6. The summed E-state index contributed by atoms with van der Waals surface area (Å²) < 4.78 is 34.2. The van der Waals surface area contributed by atoms with Gasteiger partial charge in [0.15, 0.2) is 0 Å². The number of rotatable bonds is 32. The van der Waals surface area contributed by atoms with Gasteiger partial charge in [0.05, 0.1) is 41.0 Å². The van der Waals surface area contributed by atoms with E-state index < -0.39 is 13.9 Å². The Hall–Kier alpha value is -2.06. The second kappa shape index (κ2) is 32.2. The highest BCUT2D eigenvalue weighted by atomic mass is 31.2. The maximum atomic E-state index is 12.5. The Balaban J connectivity index is 4.48. The van der Waals surface area contributed by atoms with Crippen LogP contribution < -0.4 is 4.89 Å². The molecule has 0 saturated heterocycles. The van der Waals surface area contributed by atoms with Crippen molar-refractivity contribution in [3.05, 3.63) is 72.9 Å². The van der Waals surface area contributed by atoms with Crippen LogP contribution in [0.3, 0.4) is 0 Å². The summed E-state index contributed by atoms with van der Waals surface area (Å²) in [5.74, 6) is -0.376. The number of hydrogen-bond acceptors (Lipinski definition) is 7. The summed E-state index contributed by atoms with van der Waals surface area (Å²) in [6.45, 7) is 4.95. The van der Waals surface area contributed by atoms with E-state index in [0.29, 0.717) is 24.1 Å². The molecule has 0 heterocycles. The maximum Gasteiger partial charge on any atom is 0.306 e. The first-order valence-electron chi connectivity index (χ1n) is 18.2. The smallest absolute Gasteiger partial charge is 0.306 e. The molecule has 2 atom stereocenters. The van der Waals surface area contributed by atoms with Crippen LogP contribution in [-0.2, 0) is 27.9 Å². The van der Waals surface area contributed by atoms with Crippen LogP contribution in [0.4, 0.5) is 0 Å². The highest BCUT2D eigenvalue weighted by Crippen LogP contribution is 2.38. The van der Waals surface area contributed by atoms with Crippen LogP contribution in [0.2, 0.25) is 0 Å². The van der Waals surface area contributed by atoms with Gasteiger partial charge in [0, 0.05) is 6.42 Å². The molecule has 0 aliphatic heterocycles. The SMILES string of the molecule is CC/C=C\C/C=C\C/C=C\C/C=C\C/C=C\CCOCC(COP(=O)([O-])OCC[N+](C)(C)C)OC(=O)CCCCCCC/C=C\CCC. The van der Waals surface area contributed by atoms with E-state index in [4.69, 9.17) is 18.5 Å². The fraction of sp³-hybridized carbons (Fsp3) is 0.667. The van der Waals surface area contributed by atoms with Gasteiger partial charge in [-0.1, -0.05) is 112 Å². The molecule has 0 aliphatic rings. The summed E-state index contributed by atoms with van der Waals surface area (Å²) >= 11 is 0. The van der Waals surface area contributed by atoms with E-state index in [2.05, 4.69) is 80.7 Å². The fourth-order valence-electron chi connectivity index (χ4n) is 4.20. The summed E-state index contributed by atoms with van der Waals surface area (Å²) in [5.41, 5.74) is 0. The van der Waals surface area contributed by atoms with Crippen LogP contribution in [0.5, 0.6) is 0 Å². The number of carbonyl (C=O) groups excluding carboxylic acids is 1. The van der Waals surface area contributed by atoms with Gasteiger partial charge in [0.25, 0.3) is 7.82 Å². The van der Waals surface area contributed by atoms with Gasteiger partial charge in [0.2, 0.25) is 0 Å². The predicted octanol–water partition coefficient (Wildman–Crippen LogP) is 9.35. The number of nitrogens with zero attached hydrogens (tertiary/aromatic N) is 1. The minimum Gasteiger partial charge on any atom is -0.756 e. The highest BCUT2D eigenvalue weighted by Gasteiger charge is 2.20. The van der Waals surface area contributed by atoms with E-state index in [1.165, 1.54) is 6.42 Å². The van der Waals surface area contributed by atoms with E-state index >= 15 is 0 Å². The fourth-order valence-corrected chi connectivity index (χ4v) is 4.93. The first kappa shape index (κ1) is 45.9. The van der Waals surface area contributed by atoms with Gasteiger partial charge in [-0.3, -0.25) is 9.36 Å². The van der Waals surface area contributed by atoms with Crippen LogP contribution >= 0.6 is 7.82 Å². The number of carbonyl (C=O) groups is 1. The lowest BCUT2D eigenvalue weighted by Crippen LogP contribution is -2.37. The van der Waals surface area contributed by atoms with E-state index in [9.17, 15) is 14.3 Å². The van der Waals surface area contributed by atoms with Crippen molar-refractivity contribution in [1.82, 2.24) is 0 Å². The third-order valence-corrected chi connectivity index (χ3v) is 7.96. The summed E-state index contributed by atoms with van der Waals surface area (Å²) in [6.07, 6.45) is 39.4. The van der Waals surface area contributed by atoms with E-state index in [-0.39, 0.29) is 32.2 Å². The predicted molar refractivity (Wildman–Crippen MR) is 199 cm³/mol. The number of hydrogen-bond donors (Lipinski definition) is 0. The van der Waals surface area contributed by atoms with Crippen molar-refractivity contribution in [2.45, 2.75) is 116 Å². The van der Waals surface area contributed by atoms with E-state index in [0.717, 1.165) is 77.0 Å². The Morgan fingerprint density at radius 1 is 0.667 bits per heavy atom. The van der Waals surface area contributed by atoms with Crippen molar-refractivity contribution in [2.24, 2.45) is 0 Å². The molecule has 9 heteroatoms. The van der Waals surface area contributed by atoms with Gasteiger partial charge in [-0.15, -0.1) is 0 Å². The molecule has 0 aliphatic carbocycles. The zero-order valence-corrected chi connectivity index (χ0v) is 31.8. The molecule has 0 aromatic rings. The van der Waals surface area contributed by atoms with E-state index in [1.54, 1.807) is 0 Å². The monoisotopic (exact) mass is 693 g/mol. The van der Waals surface area contributed by atoms with Crippen LogP contribution in [0.15, 0.2) is 72.9 Å². The van der Waals surface area contributed by atoms with Gasteiger partial charge in [-0.2, -0.15) is 0 Å². The summed E-state index contributed by atoms with van der Waals surface area (Å²) in [7, 11) is 1.29. The van der Waals surface area contributed by atoms with Crippen LogP contribution in [-0.4, -0.2) is 70.7 Å². The Kier molecular flexibility index (Phi) is 30.8. The van der Waals surface area contributed by atoms with Gasteiger partial charge >= 0.3 is 5.97 Å². The molecular formula is C39H68NO7P. The molecule has 48 heavy (non-hydrogen) atoms. The molecular weight excluding hydrogens is 625 g/mol. The molecule has 0 fully saturated rings. The van der Waals surface area contributed by atoms with Crippen molar-refractivity contribution >= 4 is 13.8 Å². The summed E-state index contributed by atoms with van der Waals surface area (Å²) in [4.78, 5) is 24.8. The molecule has 0 aromatic carbocycles. The van der Waals surface area contributed by atoms with Crippen LogP contribution in [0.1, 0.15) is 110 Å². The second-order valence-electron chi connectivity index (χ2n) is 12.8. The molecule has 276 valence electrons. The quantitative estimate of drug-likeness (QED) is 0.0228. The maximum absolute atomic E-state index is 12.5. The van der Waals surface area contributed by atoms with Crippen LogP contribution in [0, 0.1) is 0 Å². The van der Waals surface area contributed by atoms with Crippen molar-refractivity contribution in [3.8, 4) is 0 Å². The molecule has 0 spiro atoms. The number of unbranched alkanes of at least 4 members (excludes halogenated alkanes) is 6. The molecule has 0 rings (SSSR count). The number of phosphoric ester groups is 1. The number of phosphoric acid groups is 1. The van der Waals surface area contributed by atoms with Gasteiger partial charge in [-0.25, -0.2) is 0 Å². The van der Waals surface area contributed by atoms with Crippen molar-refractivity contribution in [1.29, 1.82) is 0 Å². The minimum absolute atomic E-state index is 0.00745. The Bertz CT molecular complexity index is 995. The Morgan fingerprint density at radius 3 is 1.81 bits per heavy atom. The number of esters is 1. The summed E-state index contributed by atoms with van der Waals surface area (Å²) in [6, 6.07) is 0. The van der Waals surface area contributed by atoms with Crippen molar-refractivity contribution < 1.29 is 37.3 Å². The van der Waals surface area contributed by atoms with Gasteiger partial charge in [0.1, 0.15) is 19.3 Å². The van der Waals surface area contributed by atoms with E-state index in [1.807, 2.05) is 27.2 Å². The van der Waals surface area contributed by atoms with Crippen molar-refractivity contribution in [2.75, 3.05) is 54.1 Å². The molecule has 0 aromatic heterocycles. The molecule has 0 N–H and O–H groups in total. The molecule has 0 bridgehead atoms. The zero-order valence-electron chi connectivity index (χ0n) is 30.9. The third kappa shape index (κ3) is 35.3. The lowest BCUT2D eigenvalue weighted by molar-refractivity contribution is -0.870. The lowest BCUT2D eigenvalue weighted by atomic mass is 10.1. The molecule has 2 unspecified atom stereocenters. The highest BCUT2D eigenvalue weighted by molar-refractivity contribution is 7.45. The largest absolute Gasteiger partial charge is 0.756 e. The molecule has 0 radical (unpaired) electrons. The molecule has 0 saturated carbocycles. The Morgan fingerprint density at radius 2 is 1.21 bits per heavy atom. The lowest BCUT2D eigenvalue weighted by Gasteiger charge is -2.28.